The second-order valence-corrected chi connectivity index (χ2v) is 31.8. The molecule has 0 aliphatic carbocycles. The standard InChI is InChI=1S/C45H29N5.C37H21N5.C33H22N4/c1-2-12-30(13-3-1)39-29-40(38-17-10-11-27-46-38)48-45(47-39)31-21-23-32(24-22-31)49-43-20-9-6-16-36(43)37-28-33(25-26-44(37)49)50-41-18-7-4-14-34(41)35-15-5-8-19-42(35)50;1-39-32-19-24(22-38)23-40-37(32)25-15-17-27(18-16-25)42-34-14-8-6-12-29(34)31-20-35-30(21-36(31)42)28-11-5-7-13-33(28)41(35)26-9-3-2-4-10-26;1-2-10-23(11-3-1)29-22-30(28-14-8-9-21-34-28)36-33(35-29)24-17-19-25(20-18-24)37-31-15-6-4-12-26(31)27-13-5-7-16-32(27)37/h1-29H;2-21,23H;1-22H. The SMILES string of the molecule is [C-]#[N+]c1cc(C#N)cnc1-c1ccc(-n2c3ccccc3c3cc4c(cc32)c2ccccc2n4-c2ccccc2)cc1.c1ccc(-c2cc(-c3ccccn3)nc(-c3ccc(-n4c5ccccc5c5cc(-n6c7ccccc7c7ccccc76)ccc54)cc3)n2)cc1.c1ccc(-c2cc(-c3ccccn3)nc(-c3ccc(-n4c5ccccc5c5ccccc54)cc3)n2)cc1. The Kier molecular flexibility index (Phi) is 19.0. The van der Waals surface area contributed by atoms with E-state index in [-0.39, 0.29) is 0 Å². The maximum atomic E-state index is 9.22. The maximum absolute atomic E-state index is 9.22. The van der Waals surface area contributed by atoms with Crippen LogP contribution in [0.1, 0.15) is 5.56 Å². The highest BCUT2D eigenvalue weighted by Crippen LogP contribution is 2.44. The zero-order chi connectivity index (χ0) is 85.8. The lowest BCUT2D eigenvalue weighted by Gasteiger charge is -2.12. The van der Waals surface area contributed by atoms with E-state index in [9.17, 15) is 5.26 Å². The lowest BCUT2D eigenvalue weighted by atomic mass is 10.1. The first-order valence-electron chi connectivity index (χ1n) is 42.7. The molecule has 0 aliphatic rings. The van der Waals surface area contributed by atoms with Crippen LogP contribution in [0.5, 0.6) is 0 Å². The van der Waals surface area contributed by atoms with Crippen LogP contribution in [0.3, 0.4) is 0 Å². The zero-order valence-corrected chi connectivity index (χ0v) is 69.3. The summed E-state index contributed by atoms with van der Waals surface area (Å²) in [5.41, 5.74) is 28.3. The van der Waals surface area contributed by atoms with Crippen LogP contribution in [0.4, 0.5) is 5.69 Å². The number of rotatable bonds is 12. The number of nitrogens with zero attached hydrogens (tertiary/aromatic N) is 14. The van der Waals surface area contributed by atoms with Gasteiger partial charge in [0.15, 0.2) is 11.6 Å². The molecule has 0 bridgehead atoms. The van der Waals surface area contributed by atoms with Gasteiger partial charge in [0.2, 0.25) is 5.69 Å². The van der Waals surface area contributed by atoms with E-state index < -0.39 is 0 Å². The van der Waals surface area contributed by atoms with E-state index in [1.165, 1.54) is 93.2 Å². The molecule has 0 saturated carbocycles. The van der Waals surface area contributed by atoms with E-state index in [2.05, 4.69) is 358 Å². The Bertz CT molecular complexity index is 8500. The van der Waals surface area contributed by atoms with Gasteiger partial charge in [0.05, 0.1) is 113 Å². The molecule has 15 aromatic carbocycles. The van der Waals surface area contributed by atoms with Gasteiger partial charge in [0.1, 0.15) is 0 Å². The van der Waals surface area contributed by atoms with Crippen LogP contribution in [-0.2, 0) is 0 Å². The topological polar surface area (TPSA) is 143 Å². The Morgan fingerprint density at radius 2 is 0.527 bits per heavy atom. The van der Waals surface area contributed by atoms with Gasteiger partial charge in [-0.2, -0.15) is 5.26 Å². The summed E-state index contributed by atoms with van der Waals surface area (Å²) < 4.78 is 11.7. The van der Waals surface area contributed by atoms with Gasteiger partial charge in [-0.3, -0.25) is 15.0 Å². The van der Waals surface area contributed by atoms with Crippen LogP contribution in [-0.4, -0.2) is 57.7 Å². The van der Waals surface area contributed by atoms with Gasteiger partial charge >= 0.3 is 0 Å². The lowest BCUT2D eigenvalue weighted by Crippen LogP contribution is -1.98. The minimum Gasteiger partial charge on any atom is -0.309 e. The molecule has 0 unspecified atom stereocenters. The highest BCUT2D eigenvalue weighted by Gasteiger charge is 2.23. The summed E-state index contributed by atoms with van der Waals surface area (Å²) in [5.74, 6) is 1.34. The average molecular weight is 1650 g/mol. The van der Waals surface area contributed by atoms with Crippen molar-refractivity contribution in [1.29, 1.82) is 5.26 Å². The second kappa shape index (κ2) is 32.3. The molecular weight excluding hydrogens is 1580 g/mol. The number of para-hydroxylation sites is 8. The van der Waals surface area contributed by atoms with Gasteiger partial charge < -0.3 is 22.8 Å². The van der Waals surface area contributed by atoms with Gasteiger partial charge in [-0.1, -0.05) is 231 Å². The van der Waals surface area contributed by atoms with Crippen LogP contribution < -0.4 is 0 Å². The molecule has 0 aliphatic heterocycles. The molecule has 0 spiro atoms. The van der Waals surface area contributed by atoms with Gasteiger partial charge in [-0.05, 0) is 194 Å². The summed E-state index contributed by atoms with van der Waals surface area (Å²) in [6.07, 6.45) is 5.10. The molecule has 14 nitrogen and oxygen atoms in total. The van der Waals surface area contributed by atoms with Crippen molar-refractivity contribution in [3.05, 3.63) is 454 Å². The molecule has 14 heteroatoms. The Hall–Kier alpha value is -18.1. The predicted octanol–water partition coefficient (Wildman–Crippen LogP) is 28.4. The van der Waals surface area contributed by atoms with Gasteiger partial charge in [-0.15, -0.1) is 0 Å². The Morgan fingerprint density at radius 3 is 0.899 bits per heavy atom. The number of benzene rings is 15. The Balaban J connectivity index is 0.000000112. The van der Waals surface area contributed by atoms with E-state index >= 15 is 0 Å². The van der Waals surface area contributed by atoms with Crippen LogP contribution in [0, 0.1) is 17.9 Å². The van der Waals surface area contributed by atoms with Crippen molar-refractivity contribution >= 4 is 115 Å². The fourth-order valence-corrected chi connectivity index (χ4v) is 18.4. The largest absolute Gasteiger partial charge is 0.309 e. The van der Waals surface area contributed by atoms with Crippen molar-refractivity contribution in [1.82, 2.24) is 57.7 Å². The summed E-state index contributed by atoms with van der Waals surface area (Å²) in [6.45, 7) is 7.59. The van der Waals surface area contributed by atoms with E-state index in [1.807, 2.05) is 103 Å². The smallest absolute Gasteiger partial charge is 0.214 e. The monoisotopic (exact) mass is 1650 g/mol. The maximum Gasteiger partial charge on any atom is 0.214 e. The van der Waals surface area contributed by atoms with E-state index in [0.29, 0.717) is 28.6 Å². The normalized spacial score (nSPS) is 11.4. The summed E-state index contributed by atoms with van der Waals surface area (Å²) >= 11 is 0. The number of hydrogen-bond acceptors (Lipinski definition) is 8. The molecule has 10 heterocycles. The van der Waals surface area contributed by atoms with Crippen LogP contribution >= 0.6 is 0 Å². The van der Waals surface area contributed by atoms with Gasteiger partial charge in [0.25, 0.3) is 0 Å². The van der Waals surface area contributed by atoms with Crippen molar-refractivity contribution in [3.8, 4) is 114 Å². The summed E-state index contributed by atoms with van der Waals surface area (Å²) in [5, 5.41) is 21.5. The summed E-state index contributed by atoms with van der Waals surface area (Å²) in [4.78, 5) is 37.0. The van der Waals surface area contributed by atoms with Crippen LogP contribution in [0.15, 0.2) is 437 Å². The molecule has 0 saturated heterocycles. The molecular formula is C115H72N14. The van der Waals surface area contributed by atoms with Crippen LogP contribution in [0.2, 0.25) is 0 Å². The molecule has 602 valence electrons. The minimum atomic E-state index is 0.371. The molecule has 25 aromatic rings. The number of fused-ring (bicyclic) bond motifs is 15. The minimum absolute atomic E-state index is 0.371. The number of aromatic nitrogens is 12. The highest BCUT2D eigenvalue weighted by atomic mass is 15.0. The zero-order valence-electron chi connectivity index (χ0n) is 69.3. The number of pyridine rings is 3. The van der Waals surface area contributed by atoms with Crippen molar-refractivity contribution in [2.24, 2.45) is 0 Å². The van der Waals surface area contributed by atoms with Crippen LogP contribution in [0.25, 0.3) is 222 Å². The van der Waals surface area contributed by atoms with Gasteiger partial charge in [0, 0.05) is 123 Å². The summed E-state index contributed by atoms with van der Waals surface area (Å²) in [6, 6.07) is 147. The van der Waals surface area contributed by atoms with Crippen molar-refractivity contribution < 1.29 is 0 Å². The quantitative estimate of drug-likeness (QED) is 0.110. The Morgan fingerprint density at radius 1 is 0.225 bits per heavy atom. The van der Waals surface area contributed by atoms with E-state index in [0.717, 1.165) is 112 Å². The molecule has 0 atom stereocenters. The third-order valence-electron chi connectivity index (χ3n) is 24.3. The molecule has 0 N–H and O–H groups in total. The summed E-state index contributed by atoms with van der Waals surface area (Å²) in [7, 11) is 0. The van der Waals surface area contributed by atoms with Crippen molar-refractivity contribution in [2.75, 3.05) is 0 Å². The third kappa shape index (κ3) is 13.6. The fraction of sp³-hybridized carbons (Fsp3) is 0. The molecule has 0 amide bonds. The lowest BCUT2D eigenvalue weighted by molar-refractivity contribution is 1.15. The Labute approximate surface area is 740 Å². The predicted molar refractivity (Wildman–Crippen MR) is 525 cm³/mol. The number of hydrogen-bond donors (Lipinski definition) is 0. The molecule has 10 aromatic heterocycles. The fourth-order valence-electron chi connectivity index (χ4n) is 18.4. The molecule has 25 rings (SSSR count). The number of nitriles is 1. The first-order chi connectivity index (χ1) is 63.9. The third-order valence-corrected chi connectivity index (χ3v) is 24.3. The molecule has 0 fully saturated rings. The van der Waals surface area contributed by atoms with Crippen molar-refractivity contribution in [3.63, 3.8) is 0 Å². The first kappa shape index (κ1) is 75.8. The second-order valence-electron chi connectivity index (χ2n) is 31.8. The van der Waals surface area contributed by atoms with E-state index in [4.69, 9.17) is 26.5 Å². The first-order valence-corrected chi connectivity index (χ1v) is 42.7. The molecule has 0 radical (unpaired) electrons. The van der Waals surface area contributed by atoms with Crippen molar-refractivity contribution in [2.45, 2.75) is 0 Å². The average Bonchev–Trinajstić information content (AvgIpc) is 1.55. The highest BCUT2D eigenvalue weighted by molar-refractivity contribution is 6.20. The van der Waals surface area contributed by atoms with E-state index in [1.54, 1.807) is 18.5 Å². The molecule has 129 heavy (non-hydrogen) atoms. The van der Waals surface area contributed by atoms with Gasteiger partial charge in [-0.25, -0.2) is 24.8 Å².